The molecule has 0 aromatic carbocycles. The van der Waals surface area contributed by atoms with Gasteiger partial charge in [-0.2, -0.15) is 0 Å². The lowest BCUT2D eigenvalue weighted by molar-refractivity contribution is 0.112. The van der Waals surface area contributed by atoms with E-state index in [2.05, 4.69) is 9.97 Å². The monoisotopic (exact) mass is 147 g/mol. The van der Waals surface area contributed by atoms with Gasteiger partial charge in [0.25, 0.3) is 0 Å². The summed E-state index contributed by atoms with van der Waals surface area (Å²) in [6.07, 6.45) is 7.41. The topological polar surface area (TPSA) is 47.3 Å². The number of nitrogens with zero attached hydrogens (tertiary/aromatic N) is 3. The molecule has 0 unspecified atom stereocenters. The quantitative estimate of drug-likeness (QED) is 0.553. The fraction of sp³-hybridized carbons (Fsp3) is 0. The van der Waals surface area contributed by atoms with E-state index >= 15 is 0 Å². The highest BCUT2D eigenvalue weighted by Crippen LogP contribution is 2.01. The predicted molar refractivity (Wildman–Crippen MR) is 38.4 cm³/mol. The lowest BCUT2D eigenvalue weighted by Crippen LogP contribution is -1.92. The number of aromatic nitrogens is 3. The molecule has 0 bridgehead atoms. The van der Waals surface area contributed by atoms with Gasteiger partial charge in [-0.1, -0.05) is 0 Å². The van der Waals surface area contributed by atoms with E-state index in [-0.39, 0.29) is 0 Å². The average molecular weight is 147 g/mol. The number of hydrogen-bond acceptors (Lipinski definition) is 3. The van der Waals surface area contributed by atoms with Gasteiger partial charge in [0.1, 0.15) is 5.69 Å². The number of carbonyl (C=O) groups excluding carboxylic acids is 1. The Balaban J connectivity index is 2.88. The third kappa shape index (κ3) is 0.797. The Hall–Kier alpha value is -1.71. The number of carbonyl (C=O) groups is 1. The van der Waals surface area contributed by atoms with Gasteiger partial charge in [0.2, 0.25) is 0 Å². The Bertz CT molecular complexity index is 393. The van der Waals surface area contributed by atoms with E-state index in [1.54, 1.807) is 29.2 Å². The SMILES string of the molecule is O=Cc1nccn2ccnc12. The molecule has 2 rings (SSSR count). The van der Waals surface area contributed by atoms with Crippen LogP contribution in [0.3, 0.4) is 0 Å². The summed E-state index contributed by atoms with van der Waals surface area (Å²) in [6, 6.07) is 0. The van der Waals surface area contributed by atoms with Gasteiger partial charge in [-0.15, -0.1) is 0 Å². The fourth-order valence-electron chi connectivity index (χ4n) is 0.958. The predicted octanol–water partition coefficient (Wildman–Crippen LogP) is 0.542. The van der Waals surface area contributed by atoms with Crippen molar-refractivity contribution >= 4 is 11.9 Å². The van der Waals surface area contributed by atoms with Gasteiger partial charge in [-0.05, 0) is 0 Å². The number of imidazole rings is 1. The summed E-state index contributed by atoms with van der Waals surface area (Å²) in [7, 11) is 0. The van der Waals surface area contributed by atoms with E-state index in [1.165, 1.54) is 0 Å². The molecular formula is C7H5N3O. The van der Waals surface area contributed by atoms with Gasteiger partial charge in [-0.25, -0.2) is 9.97 Å². The van der Waals surface area contributed by atoms with Crippen molar-refractivity contribution < 1.29 is 4.79 Å². The fourth-order valence-corrected chi connectivity index (χ4v) is 0.958. The van der Waals surface area contributed by atoms with Crippen molar-refractivity contribution in [3.8, 4) is 0 Å². The van der Waals surface area contributed by atoms with Gasteiger partial charge in [-0.3, -0.25) is 4.79 Å². The van der Waals surface area contributed by atoms with Crippen LogP contribution in [0.15, 0.2) is 24.8 Å². The van der Waals surface area contributed by atoms with Gasteiger partial charge in [0, 0.05) is 24.8 Å². The largest absolute Gasteiger partial charge is 0.304 e. The van der Waals surface area contributed by atoms with Crippen LogP contribution in [-0.2, 0) is 0 Å². The van der Waals surface area contributed by atoms with E-state index in [0.29, 0.717) is 17.6 Å². The van der Waals surface area contributed by atoms with Gasteiger partial charge in [0.05, 0.1) is 0 Å². The molecule has 0 atom stereocenters. The summed E-state index contributed by atoms with van der Waals surface area (Å²) >= 11 is 0. The van der Waals surface area contributed by atoms with Gasteiger partial charge < -0.3 is 4.40 Å². The van der Waals surface area contributed by atoms with Crippen LogP contribution in [-0.4, -0.2) is 20.7 Å². The van der Waals surface area contributed by atoms with E-state index in [1.807, 2.05) is 0 Å². The number of rotatable bonds is 1. The van der Waals surface area contributed by atoms with Crippen molar-refractivity contribution in [2.75, 3.05) is 0 Å². The Morgan fingerprint density at radius 3 is 2.73 bits per heavy atom. The molecular weight excluding hydrogens is 142 g/mol. The van der Waals surface area contributed by atoms with E-state index in [9.17, 15) is 4.79 Å². The lowest BCUT2D eigenvalue weighted by atomic mass is 10.5. The van der Waals surface area contributed by atoms with Crippen LogP contribution in [0, 0.1) is 0 Å². The molecule has 2 aromatic rings. The third-order valence-electron chi connectivity index (χ3n) is 1.45. The summed E-state index contributed by atoms with van der Waals surface area (Å²) in [5.41, 5.74) is 0.972. The van der Waals surface area contributed by atoms with Crippen molar-refractivity contribution in [1.29, 1.82) is 0 Å². The second-order valence-electron chi connectivity index (χ2n) is 2.09. The standard InChI is InChI=1S/C7H5N3O/c11-5-6-7-9-2-4-10(7)3-1-8-6/h1-5H. The first kappa shape index (κ1) is 6.03. The minimum atomic E-state index is 0.373. The summed E-state index contributed by atoms with van der Waals surface area (Å²) in [5.74, 6) is 0. The zero-order chi connectivity index (χ0) is 7.68. The highest BCUT2D eigenvalue weighted by molar-refractivity contribution is 5.80. The molecule has 2 heterocycles. The Morgan fingerprint density at radius 2 is 2.00 bits per heavy atom. The zero-order valence-electron chi connectivity index (χ0n) is 5.64. The van der Waals surface area contributed by atoms with Crippen LogP contribution in [0.25, 0.3) is 5.65 Å². The van der Waals surface area contributed by atoms with Crippen LogP contribution in [0.1, 0.15) is 10.5 Å². The summed E-state index contributed by atoms with van der Waals surface area (Å²) in [5, 5.41) is 0. The molecule has 2 aromatic heterocycles. The van der Waals surface area contributed by atoms with E-state index in [0.717, 1.165) is 0 Å². The van der Waals surface area contributed by atoms with Crippen molar-refractivity contribution in [1.82, 2.24) is 14.4 Å². The maximum atomic E-state index is 10.4. The third-order valence-corrected chi connectivity index (χ3v) is 1.45. The molecule has 0 aliphatic carbocycles. The molecule has 11 heavy (non-hydrogen) atoms. The van der Waals surface area contributed by atoms with Crippen molar-refractivity contribution in [2.45, 2.75) is 0 Å². The van der Waals surface area contributed by atoms with Crippen molar-refractivity contribution in [3.05, 3.63) is 30.5 Å². The summed E-state index contributed by atoms with van der Waals surface area (Å²) in [6.45, 7) is 0. The van der Waals surface area contributed by atoms with Crippen LogP contribution >= 0.6 is 0 Å². The number of fused-ring (bicyclic) bond motifs is 1. The normalized spacial score (nSPS) is 10.2. The Labute approximate surface area is 62.5 Å². The van der Waals surface area contributed by atoms with Gasteiger partial charge in [0.15, 0.2) is 11.9 Å². The zero-order valence-corrected chi connectivity index (χ0v) is 5.64. The molecule has 0 saturated carbocycles. The Morgan fingerprint density at radius 1 is 1.27 bits per heavy atom. The second kappa shape index (κ2) is 2.16. The smallest absolute Gasteiger partial charge is 0.172 e. The molecule has 0 aliphatic heterocycles. The van der Waals surface area contributed by atoms with Crippen LogP contribution < -0.4 is 0 Å². The molecule has 54 valence electrons. The summed E-state index contributed by atoms with van der Waals surface area (Å²) < 4.78 is 1.75. The van der Waals surface area contributed by atoms with Crippen molar-refractivity contribution in [3.63, 3.8) is 0 Å². The average Bonchev–Trinajstić information content (AvgIpc) is 2.50. The molecule has 0 spiro atoms. The molecule has 4 heteroatoms. The van der Waals surface area contributed by atoms with Crippen molar-refractivity contribution in [2.24, 2.45) is 0 Å². The lowest BCUT2D eigenvalue weighted by Gasteiger charge is -1.92. The second-order valence-corrected chi connectivity index (χ2v) is 2.09. The maximum Gasteiger partial charge on any atom is 0.172 e. The molecule has 0 aliphatic rings. The number of aldehydes is 1. The maximum absolute atomic E-state index is 10.4. The highest BCUT2D eigenvalue weighted by atomic mass is 16.1. The molecule has 0 N–H and O–H groups in total. The van der Waals surface area contributed by atoms with Crippen LogP contribution in [0.2, 0.25) is 0 Å². The first-order chi connectivity index (χ1) is 5.42. The van der Waals surface area contributed by atoms with Gasteiger partial charge >= 0.3 is 0 Å². The minimum absolute atomic E-state index is 0.373. The molecule has 0 amide bonds. The van der Waals surface area contributed by atoms with E-state index in [4.69, 9.17) is 0 Å². The van der Waals surface area contributed by atoms with Crippen LogP contribution in [0.4, 0.5) is 0 Å². The molecule has 0 saturated heterocycles. The first-order valence-electron chi connectivity index (χ1n) is 3.14. The van der Waals surface area contributed by atoms with Crippen LogP contribution in [0.5, 0.6) is 0 Å². The first-order valence-corrected chi connectivity index (χ1v) is 3.14. The number of hydrogen-bond donors (Lipinski definition) is 0. The Kier molecular flexibility index (Phi) is 1.18. The highest BCUT2D eigenvalue weighted by Gasteiger charge is 1.99. The van der Waals surface area contributed by atoms with E-state index < -0.39 is 0 Å². The molecule has 0 fully saturated rings. The minimum Gasteiger partial charge on any atom is -0.304 e. The molecule has 4 nitrogen and oxygen atoms in total. The summed E-state index contributed by atoms with van der Waals surface area (Å²) in [4.78, 5) is 18.2. The molecule has 0 radical (unpaired) electrons.